The van der Waals surface area contributed by atoms with Crippen LogP contribution in [0.25, 0.3) is 87.7 Å². The van der Waals surface area contributed by atoms with Crippen molar-refractivity contribution in [1.29, 1.82) is 0 Å². The molecule has 0 amide bonds. The van der Waals surface area contributed by atoms with Crippen LogP contribution in [0.5, 0.6) is 0 Å². The van der Waals surface area contributed by atoms with Crippen molar-refractivity contribution in [3.8, 4) is 17.1 Å². The van der Waals surface area contributed by atoms with Crippen LogP contribution in [0.2, 0.25) is 0 Å². The molecule has 0 aliphatic carbocycles. The monoisotopic (exact) mass is 856 g/mol. The molecule has 0 saturated carbocycles. The van der Waals surface area contributed by atoms with Crippen LogP contribution in [-0.4, -0.2) is 17.0 Å². The molecule has 5 heteroatoms. The van der Waals surface area contributed by atoms with Crippen molar-refractivity contribution in [2.75, 3.05) is 0 Å². The van der Waals surface area contributed by atoms with Gasteiger partial charge in [0.2, 0.25) is 0 Å². The van der Waals surface area contributed by atoms with E-state index in [1.54, 1.807) is 0 Å². The summed E-state index contributed by atoms with van der Waals surface area (Å²) in [5.74, 6) is 1.17. The molecule has 0 bridgehead atoms. The number of pyridine rings is 2. The summed E-state index contributed by atoms with van der Waals surface area (Å²) in [6, 6.07) is 74.2. The SMILES string of the molecule is Cc1cccc(C)c1-c1c[n+]2c3c4c5c(ccc4c4c6ccccc6c6ccccc6c4n13)[Si](c1ccccc1)(c1ccccc1)c1ccc3c4ccccc4n4c3c1C52[n+]1ccccc1-4. The first-order valence-corrected chi connectivity index (χ1v) is 25.2. The maximum Gasteiger partial charge on any atom is 0.311 e. The third-order valence-electron chi connectivity index (χ3n) is 16.0. The summed E-state index contributed by atoms with van der Waals surface area (Å²) in [4.78, 5) is 0. The third-order valence-corrected chi connectivity index (χ3v) is 20.9. The molecule has 306 valence electrons. The van der Waals surface area contributed by atoms with Gasteiger partial charge in [-0.25, -0.2) is 0 Å². The van der Waals surface area contributed by atoms with Crippen molar-refractivity contribution in [3.63, 3.8) is 0 Å². The fourth-order valence-electron chi connectivity index (χ4n) is 13.8. The Morgan fingerprint density at radius 3 is 1.74 bits per heavy atom. The molecule has 0 radical (unpaired) electrons. The Bertz CT molecular complexity index is 4310. The van der Waals surface area contributed by atoms with Gasteiger partial charge in [-0.05, 0) is 86.1 Å². The summed E-state index contributed by atoms with van der Waals surface area (Å²) in [6.45, 7) is 4.58. The highest BCUT2D eigenvalue weighted by Crippen LogP contribution is 2.52. The Morgan fingerprint density at radius 1 is 0.439 bits per heavy atom. The van der Waals surface area contributed by atoms with Gasteiger partial charge in [-0.1, -0.05) is 164 Å². The predicted molar refractivity (Wildman–Crippen MR) is 272 cm³/mol. The average molecular weight is 857 g/mol. The summed E-state index contributed by atoms with van der Waals surface area (Å²) < 4.78 is 10.7. The highest BCUT2D eigenvalue weighted by atomic mass is 28.3. The maximum absolute atomic E-state index is 3.10. The van der Waals surface area contributed by atoms with Gasteiger partial charge < -0.3 is 0 Å². The normalized spacial score (nSPS) is 16.2. The third kappa shape index (κ3) is 3.75. The summed E-state index contributed by atoms with van der Waals surface area (Å²) in [7, 11) is -3.10. The molecular weight excluding hydrogens is 817 g/mol. The molecular formula is C61H40N4Si+2. The van der Waals surface area contributed by atoms with Crippen LogP contribution >= 0.6 is 0 Å². The van der Waals surface area contributed by atoms with E-state index >= 15 is 0 Å². The molecule has 13 aromatic rings. The first kappa shape index (κ1) is 35.3. The molecule has 1 spiro atoms. The van der Waals surface area contributed by atoms with E-state index in [0.717, 1.165) is 0 Å². The van der Waals surface area contributed by atoms with E-state index in [4.69, 9.17) is 0 Å². The van der Waals surface area contributed by atoms with Gasteiger partial charge in [0.05, 0.1) is 22.7 Å². The Hall–Kier alpha value is -8.12. The van der Waals surface area contributed by atoms with Gasteiger partial charge in [0.15, 0.2) is 19.3 Å². The number of aromatic nitrogens is 4. The maximum atomic E-state index is 2.75. The van der Waals surface area contributed by atoms with Crippen LogP contribution in [0.3, 0.4) is 0 Å². The van der Waals surface area contributed by atoms with Crippen LogP contribution in [0.15, 0.2) is 207 Å². The Morgan fingerprint density at radius 2 is 1.02 bits per heavy atom. The van der Waals surface area contributed by atoms with E-state index < -0.39 is 13.7 Å². The quantitative estimate of drug-likeness (QED) is 0.0957. The minimum atomic E-state index is -3.10. The number of hydrogen-bond acceptors (Lipinski definition) is 0. The summed E-state index contributed by atoms with van der Waals surface area (Å²) in [5, 5.41) is 17.3. The standard InChI is InChI=1S/C61H40N4Si/c1-37-18-17-19-38(2)53(37)49-36-63-60-55-47(54-44-27-11-9-24-41(44)42-25-10-12-28-45(42)58(54)65(49)60)32-34-50-56(55)61(63)57-51(66(50,39-20-5-3-6-21-39)40-22-7-4-8-23-40)33-31-46-43-26-13-14-29-48(43)64(59(46)57)52-30-15-16-35-62(52)61/h3-36H,1-2H3/q+2. The molecule has 3 aliphatic heterocycles. The molecule has 16 rings (SSSR count). The zero-order valence-corrected chi connectivity index (χ0v) is 37.4. The number of fused-ring (bicyclic) bond motifs is 13. The van der Waals surface area contributed by atoms with E-state index in [2.05, 4.69) is 238 Å². The fraction of sp³-hybridized carbons (Fsp3) is 0.0492. The lowest BCUT2D eigenvalue weighted by atomic mass is 9.84. The Labute approximate surface area is 381 Å². The second-order valence-electron chi connectivity index (χ2n) is 18.9. The lowest BCUT2D eigenvalue weighted by Crippen LogP contribution is -2.86. The van der Waals surface area contributed by atoms with Gasteiger partial charge in [-0.15, -0.1) is 0 Å². The second kappa shape index (κ2) is 12.0. The molecule has 9 aromatic carbocycles. The van der Waals surface area contributed by atoms with Crippen LogP contribution in [0.1, 0.15) is 22.3 Å². The molecule has 66 heavy (non-hydrogen) atoms. The lowest BCUT2D eigenvalue weighted by Gasteiger charge is -2.45. The van der Waals surface area contributed by atoms with Gasteiger partial charge in [-0.2, -0.15) is 18.1 Å². The van der Waals surface area contributed by atoms with E-state index in [9.17, 15) is 0 Å². The highest BCUT2D eigenvalue weighted by molar-refractivity contribution is 7.20. The number of imidazole rings is 1. The van der Waals surface area contributed by atoms with E-state index in [1.807, 2.05) is 0 Å². The Balaban J connectivity index is 1.27. The molecule has 1 atom stereocenters. The van der Waals surface area contributed by atoms with E-state index in [0.29, 0.717) is 0 Å². The van der Waals surface area contributed by atoms with Crippen LogP contribution < -0.4 is 29.9 Å². The van der Waals surface area contributed by atoms with Gasteiger partial charge in [0, 0.05) is 38.6 Å². The fourth-order valence-corrected chi connectivity index (χ4v) is 19.1. The summed E-state index contributed by atoms with van der Waals surface area (Å²) in [5.41, 5.74) is 12.1. The van der Waals surface area contributed by atoms with Crippen molar-refractivity contribution in [2.24, 2.45) is 0 Å². The van der Waals surface area contributed by atoms with Crippen LogP contribution in [0.4, 0.5) is 0 Å². The van der Waals surface area contributed by atoms with Crippen molar-refractivity contribution in [3.05, 3.63) is 229 Å². The first-order chi connectivity index (χ1) is 32.6. The minimum Gasteiger partial charge on any atom is -0.191 e. The van der Waals surface area contributed by atoms with Crippen molar-refractivity contribution < 1.29 is 9.13 Å². The molecule has 4 nitrogen and oxygen atoms in total. The number of para-hydroxylation sites is 1. The molecule has 4 aromatic heterocycles. The average Bonchev–Trinajstić information content (AvgIpc) is 4.02. The van der Waals surface area contributed by atoms with Crippen LogP contribution in [-0.2, 0) is 5.66 Å². The molecule has 0 N–H and O–H groups in total. The highest BCUT2D eigenvalue weighted by Gasteiger charge is 2.68. The molecule has 0 fully saturated rings. The minimum absolute atomic E-state index is 0.782. The number of benzene rings is 9. The Kier molecular flexibility index (Phi) is 6.39. The topological polar surface area (TPSA) is 17.1 Å². The lowest BCUT2D eigenvalue weighted by molar-refractivity contribution is -0.955. The number of nitrogens with zero attached hydrogens (tertiary/aromatic N) is 4. The number of hydrogen-bond donors (Lipinski definition) is 0. The van der Waals surface area contributed by atoms with E-state index in [-0.39, 0.29) is 0 Å². The summed E-state index contributed by atoms with van der Waals surface area (Å²) >= 11 is 0. The predicted octanol–water partition coefficient (Wildman–Crippen LogP) is 10.1. The first-order valence-electron chi connectivity index (χ1n) is 23.2. The summed E-state index contributed by atoms with van der Waals surface area (Å²) in [6.07, 6.45) is 4.94. The zero-order chi connectivity index (χ0) is 43.2. The zero-order valence-electron chi connectivity index (χ0n) is 36.4. The van der Waals surface area contributed by atoms with Gasteiger partial charge >= 0.3 is 5.66 Å². The number of aryl methyl sites for hydroxylation is 2. The van der Waals surface area contributed by atoms with Gasteiger partial charge in [0.1, 0.15) is 17.2 Å². The largest absolute Gasteiger partial charge is 0.311 e. The van der Waals surface area contributed by atoms with Gasteiger partial charge in [-0.3, -0.25) is 0 Å². The van der Waals surface area contributed by atoms with Crippen molar-refractivity contribution >= 4 is 99.5 Å². The number of rotatable bonds is 3. The molecule has 0 saturated heterocycles. The second-order valence-corrected chi connectivity index (χ2v) is 22.6. The van der Waals surface area contributed by atoms with Crippen LogP contribution in [0, 0.1) is 13.8 Å². The van der Waals surface area contributed by atoms with Crippen molar-refractivity contribution in [2.45, 2.75) is 19.5 Å². The molecule has 7 heterocycles. The van der Waals surface area contributed by atoms with Gasteiger partial charge in [0.25, 0.3) is 11.5 Å². The molecule has 3 aliphatic rings. The van der Waals surface area contributed by atoms with E-state index in [1.165, 1.54) is 131 Å². The van der Waals surface area contributed by atoms with Crippen molar-refractivity contribution in [1.82, 2.24) is 8.97 Å². The molecule has 1 unspecified atom stereocenters. The smallest absolute Gasteiger partial charge is 0.191 e.